The Bertz CT molecular complexity index is 1320. The first-order valence-electron chi connectivity index (χ1n) is 11.0. The van der Waals surface area contributed by atoms with Crippen LogP contribution in [0.1, 0.15) is 36.9 Å². The number of pyridine rings is 1. The molecule has 1 heterocycles. The van der Waals surface area contributed by atoms with Crippen LogP contribution < -0.4 is 11.1 Å². The van der Waals surface area contributed by atoms with E-state index >= 15 is 0 Å². The van der Waals surface area contributed by atoms with Gasteiger partial charge >= 0.3 is 0 Å². The molecule has 1 aromatic heterocycles. The summed E-state index contributed by atoms with van der Waals surface area (Å²) in [5.74, 6) is -0.260. The van der Waals surface area contributed by atoms with Gasteiger partial charge in [0.05, 0.1) is 28.4 Å². The quantitative estimate of drug-likeness (QED) is 0.332. The number of anilines is 1. The van der Waals surface area contributed by atoms with Gasteiger partial charge in [0.1, 0.15) is 5.82 Å². The summed E-state index contributed by atoms with van der Waals surface area (Å²) in [6.45, 7) is 1.91. The van der Waals surface area contributed by atoms with Gasteiger partial charge in [-0.25, -0.2) is 4.39 Å². The third kappa shape index (κ3) is 4.08. The van der Waals surface area contributed by atoms with Gasteiger partial charge in [-0.2, -0.15) is 0 Å². The number of rotatable bonds is 5. The fraction of sp³-hybridized carbons (Fsp3) is 0.222. The molecule has 1 saturated carbocycles. The molecule has 4 N–H and O–H groups in total. The average molecular weight is 462 g/mol. The summed E-state index contributed by atoms with van der Waals surface area (Å²) in [6, 6.07) is 20.6. The van der Waals surface area contributed by atoms with Gasteiger partial charge in [-0.1, -0.05) is 60.1 Å². The van der Waals surface area contributed by atoms with Crippen molar-refractivity contribution in [2.75, 3.05) is 5.32 Å². The Morgan fingerprint density at radius 1 is 1.09 bits per heavy atom. The third-order valence-corrected chi connectivity index (χ3v) is 6.83. The summed E-state index contributed by atoms with van der Waals surface area (Å²) in [5, 5.41) is 14.4. The zero-order valence-corrected chi connectivity index (χ0v) is 19.0. The van der Waals surface area contributed by atoms with Crippen LogP contribution in [0.3, 0.4) is 0 Å². The normalized spacial score (nSPS) is 20.9. The van der Waals surface area contributed by atoms with Crippen LogP contribution in [0.25, 0.3) is 22.0 Å². The number of hydrogen-bond acceptors (Lipinski definition) is 4. The van der Waals surface area contributed by atoms with Gasteiger partial charge in [0, 0.05) is 22.7 Å². The molecule has 1 aliphatic carbocycles. The maximum Gasteiger partial charge on any atom is 0.128 e. The summed E-state index contributed by atoms with van der Waals surface area (Å²) < 4.78 is 14.3. The Balaban J connectivity index is 1.49. The highest BCUT2D eigenvalue weighted by Gasteiger charge is 2.41. The van der Waals surface area contributed by atoms with Crippen LogP contribution in [-0.2, 0) is 5.54 Å². The molecule has 1 aliphatic rings. The number of nitrogens with zero attached hydrogens (tertiary/aromatic N) is 1. The molecule has 0 amide bonds. The SMILES string of the molecule is CC(Nc1c(Cl)cnc2ccc(-c3ccc(C4(N)CC(O)C4)cc3)cc12)c1ccccc1F. The molecule has 3 aromatic carbocycles. The van der Waals surface area contributed by atoms with Crippen molar-refractivity contribution in [1.82, 2.24) is 4.98 Å². The van der Waals surface area contributed by atoms with Crippen molar-refractivity contribution in [3.8, 4) is 11.1 Å². The van der Waals surface area contributed by atoms with Gasteiger partial charge in [0.2, 0.25) is 0 Å². The fourth-order valence-corrected chi connectivity index (χ4v) is 4.83. The molecular formula is C27H25ClFN3O. The van der Waals surface area contributed by atoms with Crippen molar-refractivity contribution >= 4 is 28.2 Å². The Kier molecular flexibility index (Phi) is 5.57. The molecular weight excluding hydrogens is 437 g/mol. The maximum atomic E-state index is 14.3. The number of benzene rings is 3. The van der Waals surface area contributed by atoms with E-state index in [9.17, 15) is 9.50 Å². The van der Waals surface area contributed by atoms with E-state index in [0.717, 1.165) is 33.3 Å². The molecule has 0 spiro atoms. The Morgan fingerprint density at radius 2 is 1.79 bits per heavy atom. The first kappa shape index (κ1) is 21.8. The highest BCUT2D eigenvalue weighted by molar-refractivity contribution is 6.34. The molecule has 33 heavy (non-hydrogen) atoms. The fourth-order valence-electron chi connectivity index (χ4n) is 4.63. The van der Waals surface area contributed by atoms with E-state index in [0.29, 0.717) is 23.4 Å². The number of hydrogen-bond donors (Lipinski definition) is 3. The van der Waals surface area contributed by atoms with E-state index in [1.54, 1.807) is 18.3 Å². The number of aliphatic hydroxyl groups is 1. The van der Waals surface area contributed by atoms with Crippen LogP contribution in [0.15, 0.2) is 72.9 Å². The van der Waals surface area contributed by atoms with Crippen LogP contribution in [0.2, 0.25) is 5.02 Å². The first-order chi connectivity index (χ1) is 15.8. The number of aromatic nitrogens is 1. The van der Waals surface area contributed by atoms with E-state index in [1.807, 2.05) is 55.5 Å². The van der Waals surface area contributed by atoms with Crippen LogP contribution in [0.4, 0.5) is 10.1 Å². The smallest absolute Gasteiger partial charge is 0.128 e. The highest BCUT2D eigenvalue weighted by Crippen LogP contribution is 2.40. The predicted molar refractivity (Wildman–Crippen MR) is 132 cm³/mol. The average Bonchev–Trinajstić information content (AvgIpc) is 2.80. The van der Waals surface area contributed by atoms with Crippen LogP contribution in [0, 0.1) is 5.82 Å². The van der Waals surface area contributed by atoms with Crippen LogP contribution in [-0.4, -0.2) is 16.2 Å². The molecule has 0 aliphatic heterocycles. The van der Waals surface area contributed by atoms with Gasteiger partial charge in [-0.05, 0) is 54.7 Å². The summed E-state index contributed by atoms with van der Waals surface area (Å²) in [5.41, 5.74) is 11.1. The van der Waals surface area contributed by atoms with Gasteiger partial charge in [0.15, 0.2) is 0 Å². The number of fused-ring (bicyclic) bond motifs is 1. The number of nitrogens with two attached hydrogens (primary N) is 1. The molecule has 1 fully saturated rings. The van der Waals surface area contributed by atoms with Crippen molar-refractivity contribution in [3.63, 3.8) is 0 Å². The van der Waals surface area contributed by atoms with Gasteiger partial charge in [-0.15, -0.1) is 0 Å². The van der Waals surface area contributed by atoms with Gasteiger partial charge in [-0.3, -0.25) is 4.98 Å². The standard InChI is InChI=1S/C27H25ClFN3O/c1-16(21-4-2-3-5-24(21)29)32-26-22-12-18(8-11-25(22)31-15-23(26)28)17-6-9-19(10-7-17)27(30)13-20(33)14-27/h2-12,15-16,20,33H,13-14,30H2,1H3,(H,31,32). The summed E-state index contributed by atoms with van der Waals surface area (Å²) in [4.78, 5) is 4.46. The van der Waals surface area contributed by atoms with Gasteiger partial charge < -0.3 is 16.2 Å². The highest BCUT2D eigenvalue weighted by atomic mass is 35.5. The van der Waals surface area contributed by atoms with Crippen LogP contribution in [0.5, 0.6) is 0 Å². The van der Waals surface area contributed by atoms with E-state index in [1.165, 1.54) is 6.07 Å². The summed E-state index contributed by atoms with van der Waals surface area (Å²) >= 11 is 6.52. The molecule has 0 bridgehead atoms. The second-order valence-corrected chi connectivity index (χ2v) is 9.30. The van der Waals surface area contributed by atoms with Crippen molar-refractivity contribution in [2.24, 2.45) is 5.73 Å². The van der Waals surface area contributed by atoms with Crippen molar-refractivity contribution in [1.29, 1.82) is 0 Å². The van der Waals surface area contributed by atoms with Crippen LogP contribution >= 0.6 is 11.6 Å². The van der Waals surface area contributed by atoms with Gasteiger partial charge in [0.25, 0.3) is 0 Å². The first-order valence-corrected chi connectivity index (χ1v) is 11.4. The molecule has 1 unspecified atom stereocenters. The summed E-state index contributed by atoms with van der Waals surface area (Å²) in [7, 11) is 0. The van der Waals surface area contributed by atoms with Crippen molar-refractivity contribution in [2.45, 2.75) is 37.5 Å². The molecule has 1 atom stereocenters. The second-order valence-electron chi connectivity index (χ2n) is 8.90. The minimum absolute atomic E-state index is 0.260. The Labute approximate surface area is 197 Å². The molecule has 168 valence electrons. The van der Waals surface area contributed by atoms with E-state index < -0.39 is 5.54 Å². The lowest BCUT2D eigenvalue weighted by atomic mass is 9.70. The maximum absolute atomic E-state index is 14.3. The second kappa shape index (κ2) is 8.41. The van der Waals surface area contributed by atoms with E-state index in [4.69, 9.17) is 17.3 Å². The Morgan fingerprint density at radius 3 is 2.48 bits per heavy atom. The molecule has 0 saturated heterocycles. The lowest BCUT2D eigenvalue weighted by Gasteiger charge is -2.42. The molecule has 6 heteroatoms. The lowest BCUT2D eigenvalue weighted by molar-refractivity contribution is 0.0209. The zero-order chi connectivity index (χ0) is 23.2. The largest absolute Gasteiger partial charge is 0.393 e. The molecule has 5 rings (SSSR count). The topological polar surface area (TPSA) is 71.2 Å². The number of aliphatic hydroxyl groups excluding tert-OH is 1. The van der Waals surface area contributed by atoms with Crippen molar-refractivity contribution in [3.05, 3.63) is 94.9 Å². The molecule has 4 aromatic rings. The minimum Gasteiger partial charge on any atom is -0.393 e. The number of nitrogens with one attached hydrogen (secondary N) is 1. The predicted octanol–water partition coefficient (Wildman–Crippen LogP) is 6.18. The Hall–Kier alpha value is -2.99. The zero-order valence-electron chi connectivity index (χ0n) is 18.2. The molecule has 4 nitrogen and oxygen atoms in total. The third-order valence-electron chi connectivity index (χ3n) is 6.55. The minimum atomic E-state index is -0.446. The lowest BCUT2D eigenvalue weighted by Crippen LogP contribution is -2.51. The number of halogens is 2. The summed E-state index contributed by atoms with van der Waals surface area (Å²) in [6.07, 6.45) is 2.47. The van der Waals surface area contributed by atoms with Crippen molar-refractivity contribution < 1.29 is 9.50 Å². The molecule has 0 radical (unpaired) electrons. The monoisotopic (exact) mass is 461 g/mol. The van der Waals surface area contributed by atoms with E-state index in [2.05, 4.69) is 10.3 Å². The van der Waals surface area contributed by atoms with E-state index in [-0.39, 0.29) is 18.0 Å².